The third kappa shape index (κ3) is 4.58. The van der Waals surface area contributed by atoms with Crippen molar-refractivity contribution in [3.05, 3.63) is 65.5 Å². The molecule has 0 fully saturated rings. The molecule has 0 spiro atoms. The summed E-state index contributed by atoms with van der Waals surface area (Å²) < 4.78 is 1.80. The highest BCUT2D eigenvalue weighted by Gasteiger charge is 2.10. The lowest BCUT2D eigenvalue weighted by Crippen LogP contribution is -2.32. The highest BCUT2D eigenvalue weighted by Crippen LogP contribution is 2.20. The van der Waals surface area contributed by atoms with Crippen LogP contribution in [0.15, 0.2) is 48.8 Å². The molecule has 0 saturated carbocycles. The SMILES string of the molecule is Cc1cc(C)cc(C(=O)NCC(=O)Nc2cccc(-c3nncn3C)c2)c1. The van der Waals surface area contributed by atoms with Crippen LogP contribution in [0.5, 0.6) is 0 Å². The third-order valence-corrected chi connectivity index (χ3v) is 4.01. The van der Waals surface area contributed by atoms with E-state index in [9.17, 15) is 9.59 Å². The maximum Gasteiger partial charge on any atom is 0.251 e. The van der Waals surface area contributed by atoms with E-state index in [1.165, 1.54) is 0 Å². The van der Waals surface area contributed by atoms with Crippen LogP contribution in [-0.2, 0) is 11.8 Å². The summed E-state index contributed by atoms with van der Waals surface area (Å²) >= 11 is 0. The predicted molar refractivity (Wildman–Crippen MR) is 103 cm³/mol. The van der Waals surface area contributed by atoms with Gasteiger partial charge in [-0.2, -0.15) is 0 Å². The lowest BCUT2D eigenvalue weighted by molar-refractivity contribution is -0.115. The van der Waals surface area contributed by atoms with Gasteiger partial charge in [0.15, 0.2) is 5.82 Å². The van der Waals surface area contributed by atoms with Crippen molar-refractivity contribution in [1.82, 2.24) is 20.1 Å². The van der Waals surface area contributed by atoms with Crippen molar-refractivity contribution in [2.24, 2.45) is 7.05 Å². The zero-order valence-electron chi connectivity index (χ0n) is 15.5. The number of rotatable bonds is 5. The summed E-state index contributed by atoms with van der Waals surface area (Å²) in [5.74, 6) is 0.127. The average Bonchev–Trinajstić information content (AvgIpc) is 3.05. The number of hydrogen-bond acceptors (Lipinski definition) is 4. The van der Waals surface area contributed by atoms with Crippen molar-refractivity contribution in [3.63, 3.8) is 0 Å². The zero-order chi connectivity index (χ0) is 19.4. The van der Waals surface area contributed by atoms with E-state index >= 15 is 0 Å². The molecule has 3 rings (SSSR count). The highest BCUT2D eigenvalue weighted by atomic mass is 16.2. The van der Waals surface area contributed by atoms with Crippen molar-refractivity contribution < 1.29 is 9.59 Å². The topological polar surface area (TPSA) is 88.9 Å². The Morgan fingerprint density at radius 3 is 2.48 bits per heavy atom. The van der Waals surface area contributed by atoms with E-state index in [0.29, 0.717) is 17.1 Å². The van der Waals surface area contributed by atoms with Crippen LogP contribution in [0.25, 0.3) is 11.4 Å². The molecule has 27 heavy (non-hydrogen) atoms. The van der Waals surface area contributed by atoms with Crippen LogP contribution < -0.4 is 10.6 Å². The van der Waals surface area contributed by atoms with E-state index in [0.717, 1.165) is 16.7 Å². The molecule has 3 aromatic rings. The highest BCUT2D eigenvalue weighted by molar-refractivity contribution is 5.99. The van der Waals surface area contributed by atoms with Gasteiger partial charge in [-0.05, 0) is 38.1 Å². The second kappa shape index (κ2) is 7.82. The zero-order valence-corrected chi connectivity index (χ0v) is 15.5. The normalized spacial score (nSPS) is 10.5. The van der Waals surface area contributed by atoms with Gasteiger partial charge >= 0.3 is 0 Å². The molecule has 7 nitrogen and oxygen atoms in total. The van der Waals surface area contributed by atoms with Crippen LogP contribution >= 0.6 is 0 Å². The fraction of sp³-hybridized carbons (Fsp3) is 0.200. The Hall–Kier alpha value is -3.48. The number of nitrogens with zero attached hydrogens (tertiary/aromatic N) is 3. The van der Waals surface area contributed by atoms with Gasteiger partial charge in [0.1, 0.15) is 6.33 Å². The van der Waals surface area contributed by atoms with Crippen molar-refractivity contribution in [2.75, 3.05) is 11.9 Å². The van der Waals surface area contributed by atoms with Crippen LogP contribution in [0.2, 0.25) is 0 Å². The largest absolute Gasteiger partial charge is 0.343 e. The number of aryl methyl sites for hydroxylation is 3. The maximum absolute atomic E-state index is 12.2. The maximum atomic E-state index is 12.2. The summed E-state index contributed by atoms with van der Waals surface area (Å²) in [7, 11) is 1.85. The van der Waals surface area contributed by atoms with Crippen molar-refractivity contribution in [3.8, 4) is 11.4 Å². The van der Waals surface area contributed by atoms with Gasteiger partial charge in [-0.3, -0.25) is 9.59 Å². The Morgan fingerprint density at radius 2 is 1.81 bits per heavy atom. The Morgan fingerprint density at radius 1 is 1.07 bits per heavy atom. The first kappa shape index (κ1) is 18.3. The van der Waals surface area contributed by atoms with Gasteiger partial charge < -0.3 is 15.2 Å². The van der Waals surface area contributed by atoms with E-state index in [-0.39, 0.29) is 18.4 Å². The molecule has 2 amide bonds. The monoisotopic (exact) mass is 363 g/mol. The van der Waals surface area contributed by atoms with Crippen LogP contribution in [0.4, 0.5) is 5.69 Å². The van der Waals surface area contributed by atoms with Gasteiger partial charge in [-0.15, -0.1) is 10.2 Å². The molecule has 1 heterocycles. The third-order valence-electron chi connectivity index (χ3n) is 4.01. The van der Waals surface area contributed by atoms with Crippen LogP contribution in [0.1, 0.15) is 21.5 Å². The minimum Gasteiger partial charge on any atom is -0.343 e. The lowest BCUT2D eigenvalue weighted by Gasteiger charge is -2.09. The van der Waals surface area contributed by atoms with Gasteiger partial charge in [0.25, 0.3) is 5.91 Å². The molecule has 0 aliphatic heterocycles. The first-order valence-electron chi connectivity index (χ1n) is 8.53. The quantitative estimate of drug-likeness (QED) is 0.729. The van der Waals surface area contributed by atoms with Crippen LogP contribution in [0, 0.1) is 13.8 Å². The number of aromatic nitrogens is 3. The Labute approximate surface area is 157 Å². The summed E-state index contributed by atoms with van der Waals surface area (Å²) in [6, 6.07) is 12.9. The van der Waals surface area contributed by atoms with Crippen LogP contribution in [-0.4, -0.2) is 33.1 Å². The predicted octanol–water partition coefficient (Wildman–Crippen LogP) is 2.47. The molecular formula is C20H21N5O2. The Balaban J connectivity index is 1.61. The van der Waals surface area contributed by atoms with Crippen molar-refractivity contribution in [2.45, 2.75) is 13.8 Å². The molecule has 138 valence electrons. The molecule has 0 radical (unpaired) electrons. The summed E-state index contributed by atoms with van der Waals surface area (Å²) in [4.78, 5) is 24.4. The molecule has 0 atom stereocenters. The van der Waals surface area contributed by atoms with E-state index < -0.39 is 0 Å². The van der Waals surface area contributed by atoms with Crippen molar-refractivity contribution >= 4 is 17.5 Å². The average molecular weight is 363 g/mol. The van der Waals surface area contributed by atoms with Crippen molar-refractivity contribution in [1.29, 1.82) is 0 Å². The Bertz CT molecular complexity index is 973. The minimum atomic E-state index is -0.303. The molecule has 1 aromatic heterocycles. The number of anilines is 1. The fourth-order valence-corrected chi connectivity index (χ4v) is 2.85. The molecule has 0 saturated heterocycles. The number of benzene rings is 2. The molecule has 2 N–H and O–H groups in total. The number of amides is 2. The summed E-state index contributed by atoms with van der Waals surface area (Å²) in [6.07, 6.45) is 1.61. The molecular weight excluding hydrogens is 342 g/mol. The second-order valence-corrected chi connectivity index (χ2v) is 6.45. The van der Waals surface area contributed by atoms with E-state index in [1.807, 2.05) is 45.2 Å². The van der Waals surface area contributed by atoms with Gasteiger partial charge in [-0.25, -0.2) is 0 Å². The van der Waals surface area contributed by atoms with E-state index in [2.05, 4.69) is 20.8 Å². The lowest BCUT2D eigenvalue weighted by atomic mass is 10.1. The number of hydrogen-bond donors (Lipinski definition) is 2. The number of nitrogens with one attached hydrogen (secondary N) is 2. The summed E-state index contributed by atoms with van der Waals surface area (Å²) in [5.41, 5.74) is 4.02. The first-order valence-corrected chi connectivity index (χ1v) is 8.53. The van der Waals surface area contributed by atoms with Gasteiger partial charge in [0.05, 0.1) is 6.54 Å². The van der Waals surface area contributed by atoms with E-state index in [4.69, 9.17) is 0 Å². The molecule has 0 unspecified atom stereocenters. The Kier molecular flexibility index (Phi) is 5.30. The minimum absolute atomic E-state index is 0.111. The molecule has 7 heteroatoms. The fourth-order valence-electron chi connectivity index (χ4n) is 2.85. The van der Waals surface area contributed by atoms with Gasteiger partial charge in [0.2, 0.25) is 5.91 Å². The molecule has 0 aliphatic carbocycles. The molecule has 2 aromatic carbocycles. The summed E-state index contributed by atoms with van der Waals surface area (Å²) in [5, 5.41) is 13.3. The molecule has 0 bridgehead atoms. The molecule has 0 aliphatic rings. The standard InChI is InChI=1S/C20H21N5O2/c1-13-7-14(2)9-16(8-13)20(27)21-11-18(26)23-17-6-4-5-15(10-17)19-24-22-12-25(19)3/h4-10,12H,11H2,1-3H3,(H,21,27)(H,23,26). The first-order chi connectivity index (χ1) is 12.9. The second-order valence-electron chi connectivity index (χ2n) is 6.45. The van der Waals surface area contributed by atoms with Gasteiger partial charge in [-0.1, -0.05) is 29.3 Å². The smallest absolute Gasteiger partial charge is 0.251 e. The summed E-state index contributed by atoms with van der Waals surface area (Å²) in [6.45, 7) is 3.75. The number of carbonyl (C=O) groups is 2. The van der Waals surface area contributed by atoms with E-state index in [1.54, 1.807) is 29.1 Å². The van der Waals surface area contributed by atoms with Crippen LogP contribution in [0.3, 0.4) is 0 Å². The number of carbonyl (C=O) groups excluding carboxylic acids is 2. The van der Waals surface area contributed by atoms with Gasteiger partial charge in [0, 0.05) is 23.9 Å².